The number of ether oxygens (including phenoxy) is 1. The largest absolute Gasteiger partial charge is 0.484 e. The van der Waals surface area contributed by atoms with Gasteiger partial charge < -0.3 is 10.1 Å². The van der Waals surface area contributed by atoms with Crippen LogP contribution in [0, 0.1) is 21.8 Å². The maximum Gasteiger partial charge on any atom is 0.314 e. The standard InChI is InChI=1S/C12H15FN2O3/c13-10-2-1-3-11(15(16)17)12(10)18-8-9-4-6-14-7-5-9/h1-3,9,14H,4-8H2. The van der Waals surface area contributed by atoms with Gasteiger partial charge in [-0.25, -0.2) is 4.39 Å². The average Bonchev–Trinajstić information content (AvgIpc) is 2.38. The fourth-order valence-corrected chi connectivity index (χ4v) is 2.03. The number of nitro groups is 1. The number of hydrogen-bond donors (Lipinski definition) is 1. The van der Waals surface area contributed by atoms with Gasteiger partial charge in [-0.3, -0.25) is 10.1 Å². The summed E-state index contributed by atoms with van der Waals surface area (Å²) in [4.78, 5) is 10.1. The Morgan fingerprint density at radius 1 is 1.44 bits per heavy atom. The minimum atomic E-state index is -0.682. The minimum absolute atomic E-state index is 0.249. The molecule has 0 saturated carbocycles. The molecule has 0 unspecified atom stereocenters. The van der Waals surface area contributed by atoms with Crippen LogP contribution in [0.4, 0.5) is 10.1 Å². The van der Waals surface area contributed by atoms with E-state index in [4.69, 9.17) is 4.74 Å². The maximum absolute atomic E-state index is 13.5. The lowest BCUT2D eigenvalue weighted by molar-refractivity contribution is -0.386. The Balaban J connectivity index is 2.05. The van der Waals surface area contributed by atoms with Gasteiger partial charge >= 0.3 is 5.69 Å². The van der Waals surface area contributed by atoms with Crippen LogP contribution in [0.5, 0.6) is 5.75 Å². The number of benzene rings is 1. The van der Waals surface area contributed by atoms with Gasteiger partial charge in [-0.1, -0.05) is 6.07 Å². The highest BCUT2D eigenvalue weighted by molar-refractivity contribution is 5.46. The Morgan fingerprint density at radius 3 is 2.83 bits per heavy atom. The molecule has 0 spiro atoms. The van der Waals surface area contributed by atoms with Gasteiger partial charge in [0, 0.05) is 6.07 Å². The third kappa shape index (κ3) is 2.95. The number of piperidine rings is 1. The lowest BCUT2D eigenvalue weighted by atomic mass is 9.99. The van der Waals surface area contributed by atoms with Crippen molar-refractivity contribution < 1.29 is 14.1 Å². The Labute approximate surface area is 104 Å². The molecule has 6 heteroatoms. The third-order valence-corrected chi connectivity index (χ3v) is 3.06. The van der Waals surface area contributed by atoms with Crippen molar-refractivity contribution >= 4 is 5.69 Å². The molecule has 1 aliphatic heterocycles. The van der Waals surface area contributed by atoms with E-state index in [0.29, 0.717) is 12.5 Å². The predicted octanol–water partition coefficient (Wildman–Crippen LogP) is 2.11. The van der Waals surface area contributed by atoms with E-state index in [-0.39, 0.29) is 11.4 Å². The van der Waals surface area contributed by atoms with Crippen LogP contribution in [0.2, 0.25) is 0 Å². The molecule has 1 saturated heterocycles. The van der Waals surface area contributed by atoms with Gasteiger partial charge in [0.25, 0.3) is 0 Å². The predicted molar refractivity (Wildman–Crippen MR) is 64.1 cm³/mol. The van der Waals surface area contributed by atoms with E-state index in [1.807, 2.05) is 0 Å². The molecule has 0 aliphatic carbocycles. The van der Waals surface area contributed by atoms with Crippen LogP contribution in [0.1, 0.15) is 12.8 Å². The second kappa shape index (κ2) is 5.77. The molecule has 1 fully saturated rings. The quantitative estimate of drug-likeness (QED) is 0.660. The van der Waals surface area contributed by atoms with Gasteiger partial charge in [0.1, 0.15) is 0 Å². The van der Waals surface area contributed by atoms with Crippen molar-refractivity contribution in [2.75, 3.05) is 19.7 Å². The first-order valence-corrected chi connectivity index (χ1v) is 5.95. The molecular weight excluding hydrogens is 239 g/mol. The first-order chi connectivity index (χ1) is 8.68. The van der Waals surface area contributed by atoms with Crippen LogP contribution in [-0.2, 0) is 0 Å². The molecule has 18 heavy (non-hydrogen) atoms. The van der Waals surface area contributed by atoms with Crippen LogP contribution in [0.25, 0.3) is 0 Å². The molecule has 5 nitrogen and oxygen atoms in total. The Morgan fingerprint density at radius 2 is 2.17 bits per heavy atom. The summed E-state index contributed by atoms with van der Waals surface area (Å²) in [7, 11) is 0. The zero-order chi connectivity index (χ0) is 13.0. The monoisotopic (exact) mass is 254 g/mol. The molecule has 1 aromatic rings. The van der Waals surface area contributed by atoms with Gasteiger partial charge in [0.2, 0.25) is 5.75 Å². The molecule has 1 aliphatic rings. The van der Waals surface area contributed by atoms with Crippen LogP contribution in [0.3, 0.4) is 0 Å². The van der Waals surface area contributed by atoms with Crippen LogP contribution in [-0.4, -0.2) is 24.6 Å². The number of para-hydroxylation sites is 1. The zero-order valence-corrected chi connectivity index (χ0v) is 9.89. The topological polar surface area (TPSA) is 64.4 Å². The summed E-state index contributed by atoms with van der Waals surface area (Å²) in [5.41, 5.74) is -0.316. The minimum Gasteiger partial charge on any atom is -0.484 e. The summed E-state index contributed by atoms with van der Waals surface area (Å²) in [5, 5.41) is 14.0. The van der Waals surface area contributed by atoms with E-state index in [0.717, 1.165) is 25.9 Å². The van der Waals surface area contributed by atoms with Crippen molar-refractivity contribution in [2.24, 2.45) is 5.92 Å². The number of nitro benzene ring substituents is 1. The molecule has 0 atom stereocenters. The van der Waals surface area contributed by atoms with Crippen molar-refractivity contribution in [3.8, 4) is 5.75 Å². The molecule has 1 heterocycles. The summed E-state index contributed by atoms with van der Waals surface area (Å²) < 4.78 is 18.8. The van der Waals surface area contributed by atoms with Gasteiger partial charge in [-0.15, -0.1) is 0 Å². The third-order valence-electron chi connectivity index (χ3n) is 3.06. The molecule has 98 valence electrons. The normalized spacial score (nSPS) is 16.5. The number of halogens is 1. The Hall–Kier alpha value is -1.69. The number of hydrogen-bond acceptors (Lipinski definition) is 4. The molecule has 0 amide bonds. The summed E-state index contributed by atoms with van der Waals surface area (Å²) in [6, 6.07) is 3.73. The first kappa shape index (κ1) is 12.8. The van der Waals surface area contributed by atoms with Crippen molar-refractivity contribution in [3.05, 3.63) is 34.1 Å². The van der Waals surface area contributed by atoms with Crippen molar-refractivity contribution in [3.63, 3.8) is 0 Å². The van der Waals surface area contributed by atoms with Crippen LogP contribution < -0.4 is 10.1 Å². The lowest BCUT2D eigenvalue weighted by Gasteiger charge is -2.22. The summed E-state index contributed by atoms with van der Waals surface area (Å²) in [6.45, 7) is 2.14. The number of nitrogens with zero attached hydrogens (tertiary/aromatic N) is 1. The van der Waals surface area contributed by atoms with Gasteiger partial charge in [-0.05, 0) is 37.9 Å². The van der Waals surface area contributed by atoms with Gasteiger partial charge in [-0.2, -0.15) is 0 Å². The molecule has 0 bridgehead atoms. The SMILES string of the molecule is O=[N+]([O-])c1cccc(F)c1OCC1CCNCC1. The van der Waals surface area contributed by atoms with Crippen molar-refractivity contribution in [2.45, 2.75) is 12.8 Å². The van der Waals surface area contributed by atoms with Gasteiger partial charge in [0.05, 0.1) is 11.5 Å². The average molecular weight is 254 g/mol. The molecule has 0 radical (unpaired) electrons. The number of nitrogens with one attached hydrogen (secondary N) is 1. The van der Waals surface area contributed by atoms with E-state index in [2.05, 4.69) is 5.32 Å². The van der Waals surface area contributed by atoms with Crippen LogP contribution in [0.15, 0.2) is 18.2 Å². The highest BCUT2D eigenvalue weighted by Gasteiger charge is 2.21. The molecular formula is C12H15FN2O3. The second-order valence-electron chi connectivity index (χ2n) is 4.35. The van der Waals surface area contributed by atoms with Crippen molar-refractivity contribution in [1.29, 1.82) is 0 Å². The fourth-order valence-electron chi connectivity index (χ4n) is 2.03. The fraction of sp³-hybridized carbons (Fsp3) is 0.500. The molecule has 1 aromatic carbocycles. The van der Waals surface area contributed by atoms with Crippen molar-refractivity contribution in [1.82, 2.24) is 5.32 Å². The summed E-state index contributed by atoms with van der Waals surface area (Å²) >= 11 is 0. The van der Waals surface area contributed by atoms with Crippen LogP contribution >= 0.6 is 0 Å². The van der Waals surface area contributed by atoms with E-state index >= 15 is 0 Å². The summed E-state index contributed by atoms with van der Waals surface area (Å²) in [6.07, 6.45) is 1.89. The first-order valence-electron chi connectivity index (χ1n) is 5.95. The molecule has 0 aromatic heterocycles. The van der Waals surface area contributed by atoms with E-state index in [1.165, 1.54) is 18.2 Å². The summed E-state index contributed by atoms with van der Waals surface area (Å²) in [5.74, 6) is -0.607. The lowest BCUT2D eigenvalue weighted by Crippen LogP contribution is -2.30. The Bertz CT molecular complexity index is 433. The maximum atomic E-state index is 13.5. The highest BCUT2D eigenvalue weighted by atomic mass is 19.1. The molecule has 1 N–H and O–H groups in total. The Kier molecular flexibility index (Phi) is 4.09. The van der Waals surface area contributed by atoms with E-state index < -0.39 is 10.7 Å². The van der Waals surface area contributed by atoms with E-state index in [9.17, 15) is 14.5 Å². The number of rotatable bonds is 4. The zero-order valence-electron chi connectivity index (χ0n) is 9.89. The van der Waals surface area contributed by atoms with Gasteiger partial charge in [0.15, 0.2) is 5.82 Å². The highest BCUT2D eigenvalue weighted by Crippen LogP contribution is 2.30. The molecule has 2 rings (SSSR count). The second-order valence-corrected chi connectivity index (χ2v) is 4.35. The smallest absolute Gasteiger partial charge is 0.314 e. The van der Waals surface area contributed by atoms with E-state index in [1.54, 1.807) is 0 Å².